The molecule has 1 aromatic rings. The molecule has 0 amide bonds. The summed E-state index contributed by atoms with van der Waals surface area (Å²) in [6.07, 6.45) is 0.978. The second-order valence-electron chi connectivity index (χ2n) is 2.45. The number of hydrogen-bond acceptors (Lipinski definition) is 2. The first-order chi connectivity index (χ1) is 6.37. The number of hydrogen-bond donors (Lipinski definition) is 1. The smallest absolute Gasteiger partial charge is 0.199 e. The molecule has 0 saturated heterocycles. The van der Waals surface area contributed by atoms with Crippen LogP contribution in [0.3, 0.4) is 0 Å². The molecule has 0 aliphatic carbocycles. The summed E-state index contributed by atoms with van der Waals surface area (Å²) in [6.45, 7) is 0. The molecule has 0 spiro atoms. The molecular weight excluding hydrogens is 222 g/mol. The highest BCUT2D eigenvalue weighted by atomic mass is 32.2. The predicted octanol–water partition coefficient (Wildman–Crippen LogP) is 1.56. The average molecular weight is 227 g/mol. The van der Waals surface area contributed by atoms with Crippen LogP contribution in [0, 0.1) is 23.3 Å². The van der Waals surface area contributed by atoms with Crippen LogP contribution in [0.1, 0.15) is 0 Å². The lowest BCUT2D eigenvalue weighted by atomic mass is 10.2. The van der Waals surface area contributed by atoms with E-state index in [9.17, 15) is 21.8 Å². The molecule has 0 saturated carbocycles. The van der Waals surface area contributed by atoms with Crippen LogP contribution in [0.15, 0.2) is 4.90 Å². The number of anilines is 1. The zero-order valence-corrected chi connectivity index (χ0v) is 7.72. The van der Waals surface area contributed by atoms with Crippen LogP contribution in [0.2, 0.25) is 0 Å². The van der Waals surface area contributed by atoms with Crippen molar-refractivity contribution in [3.05, 3.63) is 23.3 Å². The Balaban J connectivity index is 3.68. The van der Waals surface area contributed by atoms with E-state index < -0.39 is 44.7 Å². The number of benzene rings is 1. The second kappa shape index (κ2) is 3.56. The lowest BCUT2D eigenvalue weighted by Gasteiger charge is -2.06. The minimum absolute atomic E-state index is 0.860. The normalized spacial score (nSPS) is 12.9. The Hall–Kier alpha value is -1.11. The molecule has 0 fully saturated rings. The monoisotopic (exact) mass is 227 g/mol. The maximum Gasteiger partial charge on any atom is 0.199 e. The Labute approximate surface area is 79.2 Å². The standard InChI is InChI=1S/C7H5F4NOS/c1-14(13)7-5(11)3(9)2(8)4(10)6(7)12/h12H2,1H3/t14-/m0/s1. The van der Waals surface area contributed by atoms with Gasteiger partial charge in [0, 0.05) is 6.26 Å². The molecule has 0 radical (unpaired) electrons. The Morgan fingerprint density at radius 3 is 1.86 bits per heavy atom. The number of halogens is 4. The van der Waals surface area contributed by atoms with Crippen molar-refractivity contribution in [1.82, 2.24) is 0 Å². The first-order valence-corrected chi connectivity index (χ1v) is 4.88. The molecule has 0 bridgehead atoms. The van der Waals surface area contributed by atoms with E-state index in [1.165, 1.54) is 0 Å². The van der Waals surface area contributed by atoms with Crippen LogP contribution >= 0.6 is 0 Å². The van der Waals surface area contributed by atoms with E-state index in [0.29, 0.717) is 0 Å². The Bertz CT molecular complexity index is 392. The zero-order chi connectivity index (χ0) is 11.0. The quantitative estimate of drug-likeness (QED) is 0.342. The average Bonchev–Trinajstić information content (AvgIpc) is 2.11. The second-order valence-corrected chi connectivity index (χ2v) is 3.77. The molecule has 0 aromatic heterocycles. The highest BCUT2D eigenvalue weighted by Crippen LogP contribution is 2.27. The van der Waals surface area contributed by atoms with Gasteiger partial charge in [-0.1, -0.05) is 0 Å². The largest absolute Gasteiger partial charge is 0.395 e. The van der Waals surface area contributed by atoms with Gasteiger partial charge in [0.15, 0.2) is 23.3 Å². The zero-order valence-electron chi connectivity index (χ0n) is 6.91. The third-order valence-electron chi connectivity index (χ3n) is 1.55. The summed E-state index contributed by atoms with van der Waals surface area (Å²) < 4.78 is 61.6. The maximum atomic E-state index is 12.9. The van der Waals surface area contributed by atoms with E-state index in [-0.39, 0.29) is 0 Å². The molecule has 1 rings (SSSR count). The molecule has 14 heavy (non-hydrogen) atoms. The molecule has 7 heteroatoms. The van der Waals surface area contributed by atoms with Crippen LogP contribution in [0.25, 0.3) is 0 Å². The summed E-state index contributed by atoms with van der Waals surface area (Å²) in [5.41, 5.74) is 3.97. The van der Waals surface area contributed by atoms with Crippen LogP contribution in [-0.2, 0) is 10.8 Å². The summed E-state index contributed by atoms with van der Waals surface area (Å²) >= 11 is 0. The van der Waals surface area contributed by atoms with Gasteiger partial charge in [-0.3, -0.25) is 4.21 Å². The van der Waals surface area contributed by atoms with Gasteiger partial charge in [0.2, 0.25) is 0 Å². The Morgan fingerprint density at radius 2 is 1.43 bits per heavy atom. The molecule has 1 aromatic carbocycles. The van der Waals surface area contributed by atoms with E-state index in [4.69, 9.17) is 5.73 Å². The van der Waals surface area contributed by atoms with Crippen LogP contribution in [-0.4, -0.2) is 10.5 Å². The molecular formula is C7H5F4NOS. The van der Waals surface area contributed by atoms with Crippen LogP contribution in [0.5, 0.6) is 0 Å². The van der Waals surface area contributed by atoms with Gasteiger partial charge in [-0.05, 0) is 0 Å². The van der Waals surface area contributed by atoms with E-state index >= 15 is 0 Å². The number of nitrogens with two attached hydrogens (primary N) is 1. The fourth-order valence-electron chi connectivity index (χ4n) is 0.910. The third-order valence-corrected chi connectivity index (χ3v) is 2.52. The van der Waals surface area contributed by atoms with Crippen molar-refractivity contribution in [2.24, 2.45) is 0 Å². The fourth-order valence-corrected chi connectivity index (χ4v) is 1.65. The van der Waals surface area contributed by atoms with Gasteiger partial charge < -0.3 is 5.73 Å². The van der Waals surface area contributed by atoms with Gasteiger partial charge in [-0.2, -0.15) is 0 Å². The maximum absolute atomic E-state index is 12.9. The van der Waals surface area contributed by atoms with E-state index in [1.807, 2.05) is 0 Å². The van der Waals surface area contributed by atoms with Crippen molar-refractivity contribution < 1.29 is 21.8 Å². The van der Waals surface area contributed by atoms with E-state index in [1.54, 1.807) is 0 Å². The summed E-state index contributed by atoms with van der Waals surface area (Å²) in [7, 11) is -2.03. The molecule has 0 unspecified atom stereocenters. The van der Waals surface area contributed by atoms with E-state index in [2.05, 4.69) is 0 Å². The summed E-state index contributed by atoms with van der Waals surface area (Å²) in [5, 5.41) is 0. The van der Waals surface area contributed by atoms with Crippen molar-refractivity contribution in [2.45, 2.75) is 4.90 Å². The van der Waals surface area contributed by atoms with Gasteiger partial charge in [-0.15, -0.1) is 0 Å². The van der Waals surface area contributed by atoms with Crippen molar-refractivity contribution in [3.8, 4) is 0 Å². The molecule has 2 N–H and O–H groups in total. The SMILES string of the molecule is C[S@](=O)c1c(N)c(F)c(F)c(F)c1F. The summed E-state index contributed by atoms with van der Waals surface area (Å²) in [5.74, 6) is -7.47. The van der Waals surface area contributed by atoms with Crippen LogP contribution in [0.4, 0.5) is 23.2 Å². The number of nitrogen functional groups attached to an aromatic ring is 1. The molecule has 2 nitrogen and oxygen atoms in total. The minimum Gasteiger partial charge on any atom is -0.395 e. The lowest BCUT2D eigenvalue weighted by molar-refractivity contribution is 0.400. The minimum atomic E-state index is -2.03. The predicted molar refractivity (Wildman–Crippen MR) is 43.0 cm³/mol. The fraction of sp³-hybridized carbons (Fsp3) is 0.143. The van der Waals surface area contributed by atoms with Crippen molar-refractivity contribution >= 4 is 16.5 Å². The van der Waals surface area contributed by atoms with E-state index in [0.717, 1.165) is 6.26 Å². The highest BCUT2D eigenvalue weighted by Gasteiger charge is 2.25. The van der Waals surface area contributed by atoms with Gasteiger partial charge in [0.1, 0.15) is 4.90 Å². The Morgan fingerprint density at radius 1 is 1.00 bits per heavy atom. The summed E-state index contributed by atoms with van der Waals surface area (Å²) in [4.78, 5) is -0.860. The first-order valence-electron chi connectivity index (χ1n) is 3.32. The van der Waals surface area contributed by atoms with Crippen molar-refractivity contribution in [1.29, 1.82) is 0 Å². The topological polar surface area (TPSA) is 43.1 Å². The molecule has 1 atom stereocenters. The highest BCUT2D eigenvalue weighted by molar-refractivity contribution is 7.84. The molecule has 0 heterocycles. The van der Waals surface area contributed by atoms with Gasteiger partial charge in [0.25, 0.3) is 0 Å². The molecule has 0 aliphatic heterocycles. The van der Waals surface area contributed by atoms with Gasteiger partial charge in [0.05, 0.1) is 16.5 Å². The molecule has 0 aliphatic rings. The molecule has 78 valence electrons. The summed E-state index contributed by atoms with van der Waals surface area (Å²) in [6, 6.07) is 0. The van der Waals surface area contributed by atoms with Gasteiger partial charge in [-0.25, -0.2) is 17.6 Å². The van der Waals surface area contributed by atoms with Gasteiger partial charge >= 0.3 is 0 Å². The van der Waals surface area contributed by atoms with Crippen molar-refractivity contribution in [2.75, 3.05) is 12.0 Å². The first kappa shape index (κ1) is 11.0. The van der Waals surface area contributed by atoms with Crippen molar-refractivity contribution in [3.63, 3.8) is 0 Å². The van der Waals surface area contributed by atoms with Crippen LogP contribution < -0.4 is 5.73 Å². The number of rotatable bonds is 1. The lowest BCUT2D eigenvalue weighted by Crippen LogP contribution is -2.08. The Kier molecular flexibility index (Phi) is 2.79. The third kappa shape index (κ3) is 1.47.